The second-order valence-electron chi connectivity index (χ2n) is 4.74. The quantitative estimate of drug-likeness (QED) is 0.864. The predicted octanol–water partition coefficient (Wildman–Crippen LogP) is 0.756. The van der Waals surface area contributed by atoms with E-state index in [1.807, 2.05) is 0 Å². The SMILES string of the molecule is CC1(O)CCN(S(=O)(=O)c2cncc(F)c2)CC1. The van der Waals surface area contributed by atoms with Gasteiger partial charge in [-0.1, -0.05) is 0 Å². The van der Waals surface area contributed by atoms with E-state index in [1.165, 1.54) is 4.31 Å². The summed E-state index contributed by atoms with van der Waals surface area (Å²) in [5, 5.41) is 9.78. The highest BCUT2D eigenvalue weighted by atomic mass is 32.2. The average molecular weight is 274 g/mol. The topological polar surface area (TPSA) is 70.5 Å². The van der Waals surface area contributed by atoms with Gasteiger partial charge in [-0.2, -0.15) is 4.31 Å². The molecule has 1 aromatic heterocycles. The number of hydrogen-bond donors (Lipinski definition) is 1. The summed E-state index contributed by atoms with van der Waals surface area (Å²) in [6.45, 7) is 2.14. The van der Waals surface area contributed by atoms with Crippen LogP contribution in [0.3, 0.4) is 0 Å². The molecule has 7 heteroatoms. The molecule has 0 spiro atoms. The van der Waals surface area contributed by atoms with E-state index in [-0.39, 0.29) is 18.0 Å². The number of aliphatic hydroxyl groups is 1. The number of piperidine rings is 1. The van der Waals surface area contributed by atoms with Crippen molar-refractivity contribution in [1.82, 2.24) is 9.29 Å². The molecule has 1 fully saturated rings. The molecule has 0 aliphatic carbocycles. The van der Waals surface area contributed by atoms with Crippen molar-refractivity contribution in [3.8, 4) is 0 Å². The number of aromatic nitrogens is 1. The summed E-state index contributed by atoms with van der Waals surface area (Å²) in [6.07, 6.45) is 2.83. The summed E-state index contributed by atoms with van der Waals surface area (Å²) in [5.41, 5.74) is -0.827. The zero-order chi connectivity index (χ0) is 13.4. The summed E-state index contributed by atoms with van der Waals surface area (Å²) in [5.74, 6) is -0.680. The third-order valence-electron chi connectivity index (χ3n) is 3.12. The summed E-state index contributed by atoms with van der Waals surface area (Å²) in [4.78, 5) is 3.39. The Balaban J connectivity index is 2.23. The molecule has 2 rings (SSSR count). The molecule has 1 N–H and O–H groups in total. The van der Waals surface area contributed by atoms with Crippen molar-refractivity contribution in [2.24, 2.45) is 0 Å². The van der Waals surface area contributed by atoms with Gasteiger partial charge in [-0.15, -0.1) is 0 Å². The predicted molar refractivity (Wildman–Crippen MR) is 62.8 cm³/mol. The maximum atomic E-state index is 13.0. The summed E-state index contributed by atoms with van der Waals surface area (Å²) >= 11 is 0. The molecule has 0 saturated carbocycles. The Hall–Kier alpha value is -1.05. The Bertz CT molecular complexity index is 535. The fraction of sp³-hybridized carbons (Fsp3) is 0.545. The minimum absolute atomic E-state index is 0.149. The van der Waals surface area contributed by atoms with E-state index in [0.717, 1.165) is 18.5 Å². The number of hydrogen-bond acceptors (Lipinski definition) is 4. The van der Waals surface area contributed by atoms with Crippen LogP contribution in [0, 0.1) is 5.82 Å². The smallest absolute Gasteiger partial charge is 0.244 e. The second kappa shape index (κ2) is 4.56. The van der Waals surface area contributed by atoms with E-state index in [0.29, 0.717) is 12.8 Å². The van der Waals surface area contributed by atoms with Gasteiger partial charge in [-0.05, 0) is 25.8 Å². The average Bonchev–Trinajstić information content (AvgIpc) is 2.28. The van der Waals surface area contributed by atoms with Gasteiger partial charge in [0.25, 0.3) is 0 Å². The Morgan fingerprint density at radius 1 is 1.39 bits per heavy atom. The van der Waals surface area contributed by atoms with Crippen LogP contribution < -0.4 is 0 Å². The monoisotopic (exact) mass is 274 g/mol. The lowest BCUT2D eigenvalue weighted by atomic mass is 9.95. The molecule has 1 aromatic rings. The van der Waals surface area contributed by atoms with E-state index < -0.39 is 21.4 Å². The summed E-state index contributed by atoms with van der Waals surface area (Å²) in [7, 11) is -3.71. The molecule has 0 bridgehead atoms. The first-order valence-electron chi connectivity index (χ1n) is 5.64. The zero-order valence-electron chi connectivity index (χ0n) is 10.0. The van der Waals surface area contributed by atoms with Crippen molar-refractivity contribution in [3.63, 3.8) is 0 Å². The van der Waals surface area contributed by atoms with Crippen LogP contribution in [-0.2, 0) is 10.0 Å². The third-order valence-corrected chi connectivity index (χ3v) is 4.98. The van der Waals surface area contributed by atoms with Gasteiger partial charge < -0.3 is 5.11 Å². The van der Waals surface area contributed by atoms with Gasteiger partial charge in [0.1, 0.15) is 10.7 Å². The van der Waals surface area contributed by atoms with Crippen molar-refractivity contribution in [1.29, 1.82) is 0 Å². The van der Waals surface area contributed by atoms with Crippen LogP contribution in [-0.4, -0.2) is 41.5 Å². The molecule has 0 aromatic carbocycles. The van der Waals surface area contributed by atoms with Crippen LogP contribution in [0.5, 0.6) is 0 Å². The lowest BCUT2D eigenvalue weighted by molar-refractivity contribution is 0.0126. The zero-order valence-corrected chi connectivity index (χ0v) is 10.8. The van der Waals surface area contributed by atoms with Crippen LogP contribution in [0.25, 0.3) is 0 Å². The lowest BCUT2D eigenvalue weighted by Gasteiger charge is -2.34. The molecule has 2 heterocycles. The van der Waals surface area contributed by atoms with Crippen LogP contribution in [0.1, 0.15) is 19.8 Å². The van der Waals surface area contributed by atoms with Gasteiger partial charge in [0.05, 0.1) is 11.8 Å². The highest BCUT2D eigenvalue weighted by Crippen LogP contribution is 2.25. The molecule has 100 valence electrons. The van der Waals surface area contributed by atoms with Crippen molar-refractivity contribution < 1.29 is 17.9 Å². The minimum atomic E-state index is -3.71. The minimum Gasteiger partial charge on any atom is -0.390 e. The van der Waals surface area contributed by atoms with E-state index in [1.54, 1.807) is 6.92 Å². The third kappa shape index (κ3) is 2.68. The van der Waals surface area contributed by atoms with Crippen LogP contribution in [0.15, 0.2) is 23.4 Å². The van der Waals surface area contributed by atoms with Gasteiger partial charge >= 0.3 is 0 Å². The lowest BCUT2D eigenvalue weighted by Crippen LogP contribution is -2.45. The number of rotatable bonds is 2. The first-order valence-corrected chi connectivity index (χ1v) is 7.08. The second-order valence-corrected chi connectivity index (χ2v) is 6.68. The number of sulfonamides is 1. The number of pyridine rings is 1. The first-order chi connectivity index (χ1) is 8.31. The molecule has 0 atom stereocenters. The fourth-order valence-corrected chi connectivity index (χ4v) is 3.31. The molecule has 0 amide bonds. The van der Waals surface area contributed by atoms with E-state index in [2.05, 4.69) is 4.98 Å². The standard InChI is InChI=1S/C11H15FN2O3S/c1-11(15)2-4-14(5-3-11)18(16,17)10-6-9(12)7-13-8-10/h6-8,15H,2-5H2,1H3. The van der Waals surface area contributed by atoms with Gasteiger partial charge in [0.15, 0.2) is 0 Å². The van der Waals surface area contributed by atoms with Crippen molar-refractivity contribution in [3.05, 3.63) is 24.3 Å². The van der Waals surface area contributed by atoms with E-state index >= 15 is 0 Å². The summed E-state index contributed by atoms with van der Waals surface area (Å²) < 4.78 is 38.6. The van der Waals surface area contributed by atoms with Crippen molar-refractivity contribution in [2.45, 2.75) is 30.3 Å². The molecule has 1 saturated heterocycles. The largest absolute Gasteiger partial charge is 0.390 e. The molecule has 0 unspecified atom stereocenters. The fourth-order valence-electron chi connectivity index (χ4n) is 1.89. The number of nitrogens with zero attached hydrogens (tertiary/aromatic N) is 2. The maximum Gasteiger partial charge on any atom is 0.244 e. The Morgan fingerprint density at radius 2 is 2.00 bits per heavy atom. The van der Waals surface area contributed by atoms with Crippen molar-refractivity contribution >= 4 is 10.0 Å². The molecular weight excluding hydrogens is 259 g/mol. The summed E-state index contributed by atoms with van der Waals surface area (Å²) in [6, 6.07) is 0.953. The Labute approximate surface area is 105 Å². The van der Waals surface area contributed by atoms with Crippen molar-refractivity contribution in [2.75, 3.05) is 13.1 Å². The molecule has 1 aliphatic rings. The number of halogens is 1. The molecule has 18 heavy (non-hydrogen) atoms. The van der Waals surface area contributed by atoms with Crippen LogP contribution in [0.2, 0.25) is 0 Å². The Kier molecular flexibility index (Phi) is 3.39. The first kappa shape index (κ1) is 13.4. The van der Waals surface area contributed by atoms with Crippen LogP contribution in [0.4, 0.5) is 4.39 Å². The van der Waals surface area contributed by atoms with E-state index in [9.17, 15) is 17.9 Å². The highest BCUT2D eigenvalue weighted by molar-refractivity contribution is 7.89. The molecule has 1 aliphatic heterocycles. The molecule has 5 nitrogen and oxygen atoms in total. The Morgan fingerprint density at radius 3 is 2.56 bits per heavy atom. The van der Waals surface area contributed by atoms with E-state index in [4.69, 9.17) is 0 Å². The normalized spacial score (nSPS) is 20.8. The van der Waals surface area contributed by atoms with Gasteiger partial charge in [0.2, 0.25) is 10.0 Å². The maximum absolute atomic E-state index is 13.0. The molecular formula is C11H15FN2O3S. The van der Waals surface area contributed by atoms with Crippen LogP contribution >= 0.6 is 0 Å². The van der Waals surface area contributed by atoms with Gasteiger partial charge in [0, 0.05) is 19.3 Å². The highest BCUT2D eigenvalue weighted by Gasteiger charge is 2.34. The van der Waals surface area contributed by atoms with Gasteiger partial charge in [-0.3, -0.25) is 4.98 Å². The van der Waals surface area contributed by atoms with Gasteiger partial charge in [-0.25, -0.2) is 12.8 Å². The molecule has 0 radical (unpaired) electrons.